The third kappa shape index (κ3) is 7.33. The van der Waals surface area contributed by atoms with Gasteiger partial charge in [-0.3, -0.25) is 4.79 Å². The molecule has 0 aliphatic carbocycles. The Labute approximate surface area is 212 Å². The number of benzene rings is 2. The van der Waals surface area contributed by atoms with Gasteiger partial charge in [-0.1, -0.05) is 57.8 Å². The standard InChI is InChI=1S/C27H34ClN5O2/c1-6-7-15-32(26(35)29-21-10-8-9-19(2)16-21)18-25(34)30-24-17-23(27(3,4)5)31-33(24)22-13-11-20(28)12-14-22/h8-14,16-17H,6-7,15,18H2,1-5H3,(H,29,35)(H,30,34). The SMILES string of the molecule is CCCCN(CC(=O)Nc1cc(C(C)(C)C)nn1-c1ccc(Cl)cc1)C(=O)Nc1cccc(C)c1. The predicted octanol–water partition coefficient (Wildman–Crippen LogP) is 6.40. The molecule has 0 saturated heterocycles. The third-order valence-electron chi connectivity index (χ3n) is 5.49. The Morgan fingerprint density at radius 3 is 2.40 bits per heavy atom. The minimum Gasteiger partial charge on any atom is -0.315 e. The summed E-state index contributed by atoms with van der Waals surface area (Å²) >= 11 is 6.05. The highest BCUT2D eigenvalue weighted by atomic mass is 35.5. The molecule has 0 saturated carbocycles. The van der Waals surface area contributed by atoms with E-state index in [1.807, 2.05) is 49.4 Å². The molecule has 0 aliphatic rings. The van der Waals surface area contributed by atoms with Crippen molar-refractivity contribution in [3.05, 3.63) is 70.9 Å². The number of nitrogens with one attached hydrogen (secondary N) is 2. The van der Waals surface area contributed by atoms with Crippen LogP contribution in [0.4, 0.5) is 16.3 Å². The Morgan fingerprint density at radius 1 is 1.06 bits per heavy atom. The second-order valence-corrected chi connectivity index (χ2v) is 10.1. The number of nitrogens with zero attached hydrogens (tertiary/aromatic N) is 3. The minimum absolute atomic E-state index is 0.0751. The quantitative estimate of drug-likeness (QED) is 0.379. The summed E-state index contributed by atoms with van der Waals surface area (Å²) < 4.78 is 1.69. The second kappa shape index (κ2) is 11.4. The first-order valence-electron chi connectivity index (χ1n) is 11.9. The van der Waals surface area contributed by atoms with Gasteiger partial charge in [0.2, 0.25) is 5.91 Å². The van der Waals surface area contributed by atoms with Crippen molar-refractivity contribution in [3.8, 4) is 5.69 Å². The van der Waals surface area contributed by atoms with Crippen LogP contribution in [0, 0.1) is 6.92 Å². The Morgan fingerprint density at radius 2 is 1.77 bits per heavy atom. The lowest BCUT2D eigenvalue weighted by molar-refractivity contribution is -0.116. The van der Waals surface area contributed by atoms with Crippen LogP contribution in [0.2, 0.25) is 5.02 Å². The number of urea groups is 1. The maximum Gasteiger partial charge on any atom is 0.322 e. The van der Waals surface area contributed by atoms with Crippen LogP contribution in [0.5, 0.6) is 0 Å². The van der Waals surface area contributed by atoms with Gasteiger partial charge in [-0.05, 0) is 55.3 Å². The smallest absolute Gasteiger partial charge is 0.315 e. The van der Waals surface area contributed by atoms with Gasteiger partial charge in [0.15, 0.2) is 0 Å². The van der Waals surface area contributed by atoms with Gasteiger partial charge in [-0.25, -0.2) is 9.48 Å². The number of hydrogen-bond acceptors (Lipinski definition) is 3. The van der Waals surface area contributed by atoms with E-state index in [2.05, 4.69) is 38.3 Å². The molecule has 3 aromatic rings. The summed E-state index contributed by atoms with van der Waals surface area (Å²) in [7, 11) is 0. The molecule has 186 valence electrons. The summed E-state index contributed by atoms with van der Waals surface area (Å²) in [5.41, 5.74) is 3.15. The Hall–Kier alpha value is -3.32. The van der Waals surface area contributed by atoms with Crippen LogP contribution >= 0.6 is 11.6 Å². The number of amides is 3. The zero-order valence-electron chi connectivity index (χ0n) is 21.1. The Balaban J connectivity index is 1.80. The van der Waals surface area contributed by atoms with Gasteiger partial charge in [0.05, 0.1) is 11.4 Å². The van der Waals surface area contributed by atoms with Crippen molar-refractivity contribution in [2.24, 2.45) is 0 Å². The largest absolute Gasteiger partial charge is 0.322 e. The lowest BCUT2D eigenvalue weighted by Gasteiger charge is -2.22. The average Bonchev–Trinajstić information content (AvgIpc) is 3.21. The number of carbonyl (C=O) groups is 2. The minimum atomic E-state index is -0.305. The maximum atomic E-state index is 13.1. The van der Waals surface area contributed by atoms with Crippen molar-refractivity contribution in [2.75, 3.05) is 23.7 Å². The topological polar surface area (TPSA) is 79.3 Å². The number of aryl methyl sites for hydroxylation is 1. The normalized spacial score (nSPS) is 11.3. The number of rotatable bonds is 8. The highest BCUT2D eigenvalue weighted by Crippen LogP contribution is 2.27. The summed E-state index contributed by atoms with van der Waals surface area (Å²) in [4.78, 5) is 27.6. The van der Waals surface area contributed by atoms with Crippen molar-refractivity contribution in [3.63, 3.8) is 0 Å². The van der Waals surface area contributed by atoms with Crippen LogP contribution in [-0.4, -0.2) is 39.7 Å². The highest BCUT2D eigenvalue weighted by Gasteiger charge is 2.23. The van der Waals surface area contributed by atoms with Gasteiger partial charge in [-0.15, -0.1) is 0 Å². The highest BCUT2D eigenvalue weighted by molar-refractivity contribution is 6.30. The van der Waals surface area contributed by atoms with E-state index in [1.54, 1.807) is 16.8 Å². The number of hydrogen-bond donors (Lipinski definition) is 2. The molecule has 0 unspecified atom stereocenters. The van der Waals surface area contributed by atoms with E-state index in [4.69, 9.17) is 16.7 Å². The number of anilines is 2. The van der Waals surface area contributed by atoms with Gasteiger partial charge >= 0.3 is 6.03 Å². The summed E-state index contributed by atoms with van der Waals surface area (Å²) in [5.74, 6) is 0.243. The van der Waals surface area contributed by atoms with E-state index in [9.17, 15) is 9.59 Å². The molecule has 8 heteroatoms. The molecule has 1 aromatic heterocycles. The lowest BCUT2D eigenvalue weighted by Crippen LogP contribution is -2.41. The van der Waals surface area contributed by atoms with Crippen molar-refractivity contribution in [2.45, 2.75) is 52.9 Å². The van der Waals surface area contributed by atoms with E-state index >= 15 is 0 Å². The summed E-state index contributed by atoms with van der Waals surface area (Å²) in [6.07, 6.45) is 1.71. The molecular weight excluding hydrogens is 462 g/mol. The molecule has 0 aliphatic heterocycles. The zero-order valence-corrected chi connectivity index (χ0v) is 21.8. The molecule has 0 fully saturated rings. The van der Waals surface area contributed by atoms with E-state index in [-0.39, 0.29) is 23.9 Å². The summed E-state index contributed by atoms with van der Waals surface area (Å²) in [6.45, 7) is 10.6. The number of unbranched alkanes of at least 4 members (excludes halogenated alkanes) is 1. The first-order valence-corrected chi connectivity index (χ1v) is 12.2. The molecule has 3 amide bonds. The zero-order chi connectivity index (χ0) is 25.6. The van der Waals surface area contributed by atoms with E-state index in [0.717, 1.165) is 29.8 Å². The molecule has 7 nitrogen and oxygen atoms in total. The molecule has 2 aromatic carbocycles. The van der Waals surface area contributed by atoms with E-state index < -0.39 is 0 Å². The van der Waals surface area contributed by atoms with Crippen LogP contribution < -0.4 is 10.6 Å². The molecular formula is C27H34ClN5O2. The van der Waals surface area contributed by atoms with E-state index in [1.165, 1.54) is 4.90 Å². The average molecular weight is 496 g/mol. The van der Waals surface area contributed by atoms with Crippen LogP contribution in [0.15, 0.2) is 54.6 Å². The van der Waals surface area contributed by atoms with E-state index in [0.29, 0.717) is 23.1 Å². The molecule has 3 rings (SSSR count). The van der Waals surface area contributed by atoms with Gasteiger partial charge in [0, 0.05) is 28.7 Å². The molecule has 1 heterocycles. The Kier molecular flexibility index (Phi) is 8.57. The number of carbonyl (C=O) groups excluding carboxylic acids is 2. The van der Waals surface area contributed by atoms with Crippen LogP contribution in [0.1, 0.15) is 51.8 Å². The van der Waals surface area contributed by atoms with Gasteiger partial charge < -0.3 is 15.5 Å². The van der Waals surface area contributed by atoms with Crippen molar-refractivity contribution in [1.82, 2.24) is 14.7 Å². The van der Waals surface area contributed by atoms with Crippen molar-refractivity contribution in [1.29, 1.82) is 0 Å². The van der Waals surface area contributed by atoms with Crippen molar-refractivity contribution >= 4 is 35.0 Å². The molecule has 0 bridgehead atoms. The van der Waals surface area contributed by atoms with Crippen molar-refractivity contribution < 1.29 is 9.59 Å². The van der Waals surface area contributed by atoms with Gasteiger partial charge in [0.25, 0.3) is 0 Å². The Bertz CT molecular complexity index is 1170. The summed E-state index contributed by atoms with van der Waals surface area (Å²) in [5, 5.41) is 11.2. The van der Waals surface area contributed by atoms with Crippen LogP contribution in [0.3, 0.4) is 0 Å². The number of aromatic nitrogens is 2. The second-order valence-electron chi connectivity index (χ2n) is 9.68. The molecule has 0 atom stereocenters. The first kappa shape index (κ1) is 26.3. The predicted molar refractivity (Wildman–Crippen MR) is 143 cm³/mol. The fourth-order valence-corrected chi connectivity index (χ4v) is 3.62. The molecule has 2 N–H and O–H groups in total. The van der Waals surface area contributed by atoms with Crippen LogP contribution in [-0.2, 0) is 10.2 Å². The third-order valence-corrected chi connectivity index (χ3v) is 5.74. The first-order chi connectivity index (χ1) is 16.6. The lowest BCUT2D eigenvalue weighted by atomic mass is 9.92. The van der Waals surface area contributed by atoms with Crippen LogP contribution in [0.25, 0.3) is 5.69 Å². The molecule has 35 heavy (non-hydrogen) atoms. The fourth-order valence-electron chi connectivity index (χ4n) is 3.50. The fraction of sp³-hybridized carbons (Fsp3) is 0.370. The molecule has 0 radical (unpaired) electrons. The monoisotopic (exact) mass is 495 g/mol. The molecule has 0 spiro atoms. The maximum absolute atomic E-state index is 13.1. The van der Waals surface area contributed by atoms with Gasteiger partial charge in [-0.2, -0.15) is 5.10 Å². The van der Waals surface area contributed by atoms with Gasteiger partial charge in [0.1, 0.15) is 12.4 Å². The number of halogens is 1. The summed E-state index contributed by atoms with van der Waals surface area (Å²) in [6, 6.07) is 16.4.